The van der Waals surface area contributed by atoms with Crippen molar-refractivity contribution < 1.29 is 14.3 Å². The Hall–Kier alpha value is -2.24. The van der Waals surface area contributed by atoms with Gasteiger partial charge in [-0.15, -0.1) is 0 Å². The maximum absolute atomic E-state index is 11.9. The Morgan fingerprint density at radius 1 is 1.19 bits per heavy atom. The third kappa shape index (κ3) is 4.37. The molecule has 1 aromatic carbocycles. The van der Waals surface area contributed by atoms with Crippen LogP contribution in [0.5, 0.6) is 0 Å². The molecule has 0 aliphatic rings. The fourth-order valence-corrected chi connectivity index (χ4v) is 1.97. The van der Waals surface area contributed by atoms with Crippen molar-refractivity contribution in [3.05, 3.63) is 23.8 Å². The number of ether oxygens (including phenoxy) is 1. The van der Waals surface area contributed by atoms with Gasteiger partial charge >= 0.3 is 5.97 Å². The molecule has 0 saturated heterocycles. The number of nitrogen functional groups attached to an aromatic ring is 1. The number of rotatable bonds is 6. The van der Waals surface area contributed by atoms with Crippen molar-refractivity contribution in [3.63, 3.8) is 0 Å². The first-order chi connectivity index (χ1) is 9.90. The zero-order valence-corrected chi connectivity index (χ0v) is 13.0. The zero-order valence-electron chi connectivity index (χ0n) is 13.0. The summed E-state index contributed by atoms with van der Waals surface area (Å²) in [5.41, 5.74) is 7.54. The molecule has 1 rings (SSSR count). The largest absolute Gasteiger partial charge is 0.452 e. The van der Waals surface area contributed by atoms with Gasteiger partial charge in [0.2, 0.25) is 0 Å². The highest BCUT2D eigenvalue weighted by atomic mass is 16.5. The van der Waals surface area contributed by atoms with Crippen LogP contribution < -0.4 is 10.6 Å². The molecule has 0 aliphatic heterocycles. The normalized spacial score (nSPS) is 10.1. The van der Waals surface area contributed by atoms with Crippen molar-refractivity contribution in [1.29, 1.82) is 0 Å². The van der Waals surface area contributed by atoms with Crippen molar-refractivity contribution in [2.45, 2.75) is 13.8 Å². The summed E-state index contributed by atoms with van der Waals surface area (Å²) >= 11 is 0. The number of hydrogen-bond acceptors (Lipinski definition) is 5. The van der Waals surface area contributed by atoms with Gasteiger partial charge in [-0.2, -0.15) is 0 Å². The standard InChI is InChI=1S/C15H23N3O3/c1-5-18(6-2)14(19)10-21-15(20)11-7-8-13(17(3)4)12(16)9-11/h7-9H,5-6,10,16H2,1-4H3. The van der Waals surface area contributed by atoms with Crippen molar-refractivity contribution in [1.82, 2.24) is 4.90 Å². The number of esters is 1. The minimum atomic E-state index is -0.549. The van der Waals surface area contributed by atoms with Gasteiger partial charge in [-0.1, -0.05) is 0 Å². The van der Waals surface area contributed by atoms with E-state index >= 15 is 0 Å². The Bertz CT molecular complexity index is 511. The van der Waals surface area contributed by atoms with Crippen molar-refractivity contribution >= 4 is 23.3 Å². The third-order valence-corrected chi connectivity index (χ3v) is 3.19. The SMILES string of the molecule is CCN(CC)C(=O)COC(=O)c1ccc(N(C)C)c(N)c1. The maximum Gasteiger partial charge on any atom is 0.338 e. The lowest BCUT2D eigenvalue weighted by atomic mass is 10.1. The summed E-state index contributed by atoms with van der Waals surface area (Å²) in [6, 6.07) is 4.94. The molecular formula is C15H23N3O3. The lowest BCUT2D eigenvalue weighted by Gasteiger charge is -2.18. The van der Waals surface area contributed by atoms with E-state index < -0.39 is 5.97 Å². The number of carbonyl (C=O) groups excluding carboxylic acids is 2. The molecule has 0 fully saturated rings. The van der Waals surface area contributed by atoms with E-state index in [-0.39, 0.29) is 12.5 Å². The van der Waals surface area contributed by atoms with Crippen molar-refractivity contribution in [3.8, 4) is 0 Å². The Balaban J connectivity index is 2.68. The van der Waals surface area contributed by atoms with Gasteiger partial charge in [-0.25, -0.2) is 4.79 Å². The molecular weight excluding hydrogens is 270 g/mol. The summed E-state index contributed by atoms with van der Waals surface area (Å²) in [7, 11) is 3.73. The second kappa shape index (κ2) is 7.52. The molecule has 0 aliphatic carbocycles. The molecule has 0 unspecified atom stereocenters. The average molecular weight is 293 g/mol. The smallest absolute Gasteiger partial charge is 0.338 e. The molecule has 0 atom stereocenters. The van der Waals surface area contributed by atoms with E-state index in [4.69, 9.17) is 10.5 Å². The van der Waals surface area contributed by atoms with E-state index in [9.17, 15) is 9.59 Å². The Labute approximate surface area is 125 Å². The zero-order chi connectivity index (χ0) is 16.0. The molecule has 1 amide bonds. The van der Waals surface area contributed by atoms with Crippen LogP contribution in [0.4, 0.5) is 11.4 Å². The van der Waals surface area contributed by atoms with Crippen LogP contribution in [-0.4, -0.2) is 50.6 Å². The summed E-state index contributed by atoms with van der Waals surface area (Å²) in [5, 5.41) is 0. The van der Waals surface area contributed by atoms with E-state index in [1.807, 2.05) is 32.8 Å². The number of hydrogen-bond donors (Lipinski definition) is 1. The summed E-state index contributed by atoms with van der Waals surface area (Å²) in [6.45, 7) is 4.69. The van der Waals surface area contributed by atoms with Gasteiger partial charge < -0.3 is 20.3 Å². The molecule has 0 bridgehead atoms. The van der Waals surface area contributed by atoms with Crippen LogP contribution in [0.1, 0.15) is 24.2 Å². The minimum absolute atomic E-state index is 0.203. The van der Waals surface area contributed by atoms with Crippen LogP contribution in [0.3, 0.4) is 0 Å². The average Bonchev–Trinajstić information content (AvgIpc) is 2.45. The minimum Gasteiger partial charge on any atom is -0.452 e. The second-order valence-electron chi connectivity index (χ2n) is 4.81. The Morgan fingerprint density at radius 2 is 1.81 bits per heavy atom. The molecule has 0 saturated carbocycles. The topological polar surface area (TPSA) is 75.9 Å². The van der Waals surface area contributed by atoms with Gasteiger partial charge in [0.1, 0.15) is 0 Å². The highest BCUT2D eigenvalue weighted by Gasteiger charge is 2.15. The summed E-state index contributed by atoms with van der Waals surface area (Å²) < 4.78 is 5.03. The molecule has 21 heavy (non-hydrogen) atoms. The molecule has 0 radical (unpaired) electrons. The number of amides is 1. The number of anilines is 2. The molecule has 116 valence electrons. The fraction of sp³-hybridized carbons (Fsp3) is 0.467. The lowest BCUT2D eigenvalue weighted by molar-refractivity contribution is -0.134. The van der Waals surface area contributed by atoms with Crippen molar-refractivity contribution in [2.75, 3.05) is 44.4 Å². The van der Waals surface area contributed by atoms with Crippen LogP contribution in [0.15, 0.2) is 18.2 Å². The van der Waals surface area contributed by atoms with E-state index in [2.05, 4.69) is 0 Å². The molecule has 0 spiro atoms. The van der Waals surface area contributed by atoms with Gasteiger partial charge in [-0.05, 0) is 32.0 Å². The highest BCUT2D eigenvalue weighted by molar-refractivity contribution is 5.93. The van der Waals surface area contributed by atoms with Gasteiger partial charge in [0.05, 0.1) is 16.9 Å². The van der Waals surface area contributed by atoms with E-state index in [1.54, 1.807) is 23.1 Å². The maximum atomic E-state index is 11.9. The number of likely N-dealkylation sites (N-methyl/N-ethyl adjacent to an activating group) is 1. The van der Waals surface area contributed by atoms with Crippen LogP contribution in [0, 0.1) is 0 Å². The van der Waals surface area contributed by atoms with E-state index in [0.717, 1.165) is 5.69 Å². The second-order valence-corrected chi connectivity index (χ2v) is 4.81. The molecule has 0 aromatic heterocycles. The predicted octanol–water partition coefficient (Wildman–Crippen LogP) is 1.36. The Morgan fingerprint density at radius 3 is 2.29 bits per heavy atom. The first-order valence-corrected chi connectivity index (χ1v) is 6.92. The fourth-order valence-electron chi connectivity index (χ4n) is 1.97. The first-order valence-electron chi connectivity index (χ1n) is 6.92. The van der Waals surface area contributed by atoms with Gasteiger partial charge in [0, 0.05) is 27.2 Å². The van der Waals surface area contributed by atoms with Crippen LogP contribution >= 0.6 is 0 Å². The van der Waals surface area contributed by atoms with Gasteiger partial charge in [0.25, 0.3) is 5.91 Å². The van der Waals surface area contributed by atoms with Crippen LogP contribution in [-0.2, 0) is 9.53 Å². The number of nitrogens with zero attached hydrogens (tertiary/aromatic N) is 2. The number of carbonyl (C=O) groups is 2. The van der Waals surface area contributed by atoms with Gasteiger partial charge in [-0.3, -0.25) is 4.79 Å². The van der Waals surface area contributed by atoms with Gasteiger partial charge in [0.15, 0.2) is 6.61 Å². The van der Waals surface area contributed by atoms with Crippen molar-refractivity contribution in [2.24, 2.45) is 0 Å². The molecule has 2 N–H and O–H groups in total. The van der Waals surface area contributed by atoms with Crippen LogP contribution in [0.25, 0.3) is 0 Å². The summed E-state index contributed by atoms with van der Waals surface area (Å²) in [5.74, 6) is -0.751. The quantitative estimate of drug-likeness (QED) is 0.633. The van der Waals surface area contributed by atoms with Crippen LogP contribution in [0.2, 0.25) is 0 Å². The molecule has 6 nitrogen and oxygen atoms in total. The number of nitrogens with two attached hydrogens (primary N) is 1. The number of benzene rings is 1. The summed E-state index contributed by atoms with van der Waals surface area (Å²) in [4.78, 5) is 27.2. The molecule has 6 heteroatoms. The Kier molecular flexibility index (Phi) is 6.02. The first kappa shape index (κ1) is 16.8. The highest BCUT2D eigenvalue weighted by Crippen LogP contribution is 2.22. The summed E-state index contributed by atoms with van der Waals surface area (Å²) in [6.07, 6.45) is 0. The monoisotopic (exact) mass is 293 g/mol. The van der Waals surface area contributed by atoms with E-state index in [1.165, 1.54) is 0 Å². The third-order valence-electron chi connectivity index (χ3n) is 3.19. The molecule has 1 aromatic rings. The predicted molar refractivity (Wildman–Crippen MR) is 83.4 cm³/mol. The van der Waals surface area contributed by atoms with E-state index in [0.29, 0.717) is 24.3 Å². The molecule has 0 heterocycles. The lowest BCUT2D eigenvalue weighted by Crippen LogP contribution is -2.34.